The molecule has 2 aromatic rings. The van der Waals surface area contributed by atoms with Gasteiger partial charge in [0.2, 0.25) is 5.91 Å². The van der Waals surface area contributed by atoms with E-state index in [4.69, 9.17) is 4.42 Å². The highest BCUT2D eigenvalue weighted by Gasteiger charge is 2.39. The van der Waals surface area contributed by atoms with Crippen LogP contribution in [-0.4, -0.2) is 22.7 Å². The Balaban J connectivity index is 1.32. The Hall–Kier alpha value is -1.49. The summed E-state index contributed by atoms with van der Waals surface area (Å²) in [6, 6.07) is 8.06. The van der Waals surface area contributed by atoms with Crippen molar-refractivity contribution in [3.05, 3.63) is 24.3 Å². The van der Waals surface area contributed by atoms with Crippen molar-refractivity contribution in [3.8, 4) is 0 Å². The van der Waals surface area contributed by atoms with Crippen LogP contribution in [0.1, 0.15) is 25.7 Å². The fourth-order valence-electron chi connectivity index (χ4n) is 3.71. The highest BCUT2D eigenvalue weighted by atomic mass is 32.2. The lowest BCUT2D eigenvalue weighted by Crippen LogP contribution is -2.39. The summed E-state index contributed by atoms with van der Waals surface area (Å²) in [4.78, 5) is 16.4. The largest absolute Gasteiger partial charge is 0.431 e. The first kappa shape index (κ1) is 13.2. The van der Waals surface area contributed by atoms with Gasteiger partial charge in [0.05, 0.1) is 5.75 Å². The van der Waals surface area contributed by atoms with Crippen molar-refractivity contribution in [2.75, 3.05) is 5.75 Å². The molecule has 0 unspecified atom stereocenters. The van der Waals surface area contributed by atoms with E-state index < -0.39 is 0 Å². The van der Waals surface area contributed by atoms with Crippen LogP contribution in [0.25, 0.3) is 11.1 Å². The van der Waals surface area contributed by atoms with Gasteiger partial charge in [-0.25, -0.2) is 4.98 Å². The second-order valence-electron chi connectivity index (χ2n) is 6.09. The van der Waals surface area contributed by atoms with Crippen LogP contribution in [0.5, 0.6) is 0 Å². The quantitative estimate of drug-likeness (QED) is 0.881. The number of hydrogen-bond acceptors (Lipinski definition) is 4. The molecule has 1 heterocycles. The molecule has 0 spiro atoms. The van der Waals surface area contributed by atoms with Gasteiger partial charge in [0.15, 0.2) is 5.58 Å². The molecule has 2 aliphatic rings. The second kappa shape index (κ2) is 5.37. The fraction of sp³-hybridized carbons (Fsp3) is 0.500. The molecule has 2 bridgehead atoms. The number of carbonyl (C=O) groups excluding carboxylic acids is 1. The van der Waals surface area contributed by atoms with Gasteiger partial charge in [0, 0.05) is 6.04 Å². The average molecular weight is 302 g/mol. The predicted octanol–water partition coefficient (Wildman–Crippen LogP) is 3.22. The van der Waals surface area contributed by atoms with E-state index in [9.17, 15) is 4.79 Å². The smallest absolute Gasteiger partial charge is 0.257 e. The zero-order valence-electron chi connectivity index (χ0n) is 11.7. The van der Waals surface area contributed by atoms with Crippen molar-refractivity contribution in [3.63, 3.8) is 0 Å². The molecule has 1 amide bonds. The van der Waals surface area contributed by atoms with Crippen molar-refractivity contribution >= 4 is 28.8 Å². The molecule has 2 aliphatic carbocycles. The molecule has 5 heteroatoms. The van der Waals surface area contributed by atoms with Gasteiger partial charge in [0.1, 0.15) is 5.52 Å². The minimum Gasteiger partial charge on any atom is -0.431 e. The lowest BCUT2D eigenvalue weighted by Gasteiger charge is -2.22. The predicted molar refractivity (Wildman–Crippen MR) is 82.1 cm³/mol. The number of oxazole rings is 1. The molecule has 0 saturated heterocycles. The van der Waals surface area contributed by atoms with Crippen LogP contribution >= 0.6 is 11.8 Å². The Kier molecular flexibility index (Phi) is 3.37. The minimum atomic E-state index is 0.0970. The van der Waals surface area contributed by atoms with Gasteiger partial charge in [-0.15, -0.1) is 0 Å². The molecule has 0 aliphatic heterocycles. The van der Waals surface area contributed by atoms with E-state index in [0.29, 0.717) is 22.9 Å². The van der Waals surface area contributed by atoms with Crippen molar-refractivity contribution in [2.45, 2.75) is 36.9 Å². The summed E-state index contributed by atoms with van der Waals surface area (Å²) in [5.41, 5.74) is 1.61. The summed E-state index contributed by atoms with van der Waals surface area (Å²) in [6.07, 6.45) is 5.12. The molecule has 110 valence electrons. The number of para-hydroxylation sites is 2. The molecule has 21 heavy (non-hydrogen) atoms. The first-order valence-electron chi connectivity index (χ1n) is 7.55. The van der Waals surface area contributed by atoms with Gasteiger partial charge in [-0.05, 0) is 43.2 Å². The number of fused-ring (bicyclic) bond motifs is 3. The van der Waals surface area contributed by atoms with Crippen molar-refractivity contribution in [1.29, 1.82) is 0 Å². The highest BCUT2D eigenvalue weighted by Crippen LogP contribution is 2.44. The maximum absolute atomic E-state index is 12.1. The molecule has 1 aromatic carbocycles. The Bertz CT molecular complexity index is 636. The van der Waals surface area contributed by atoms with E-state index in [-0.39, 0.29) is 5.91 Å². The Labute approximate surface area is 127 Å². The number of hydrogen-bond donors (Lipinski definition) is 1. The van der Waals surface area contributed by atoms with Gasteiger partial charge in [-0.1, -0.05) is 30.3 Å². The topological polar surface area (TPSA) is 55.1 Å². The second-order valence-corrected chi connectivity index (χ2v) is 7.01. The fourth-order valence-corrected chi connectivity index (χ4v) is 4.36. The SMILES string of the molecule is O=C(CSc1nc2ccccc2o1)N[C@@H]1C[C@@H]2CC[C@@H]1C2. The van der Waals surface area contributed by atoms with Gasteiger partial charge in [-0.3, -0.25) is 4.79 Å². The lowest BCUT2D eigenvalue weighted by atomic mass is 9.95. The van der Waals surface area contributed by atoms with E-state index in [1.54, 1.807) is 0 Å². The number of carbonyl (C=O) groups is 1. The maximum Gasteiger partial charge on any atom is 0.257 e. The standard InChI is InChI=1S/C16H18N2O2S/c19-15(17-13-8-10-5-6-11(13)7-10)9-21-16-18-12-3-1-2-4-14(12)20-16/h1-4,10-11,13H,5-9H2,(H,17,19)/t10-,11-,13-/m1/s1. The Morgan fingerprint density at radius 1 is 1.33 bits per heavy atom. The molecule has 1 N–H and O–H groups in total. The molecule has 4 rings (SSSR count). The highest BCUT2D eigenvalue weighted by molar-refractivity contribution is 7.99. The van der Waals surface area contributed by atoms with Crippen LogP contribution in [0.2, 0.25) is 0 Å². The van der Waals surface area contributed by atoms with Gasteiger partial charge in [-0.2, -0.15) is 0 Å². The van der Waals surface area contributed by atoms with E-state index in [1.165, 1.54) is 37.4 Å². The van der Waals surface area contributed by atoms with Gasteiger partial charge < -0.3 is 9.73 Å². The number of nitrogens with one attached hydrogen (secondary N) is 1. The van der Waals surface area contributed by atoms with Crippen molar-refractivity contribution in [1.82, 2.24) is 10.3 Å². The third-order valence-electron chi connectivity index (χ3n) is 4.69. The summed E-state index contributed by atoms with van der Waals surface area (Å²) in [6.45, 7) is 0. The number of nitrogens with zero attached hydrogens (tertiary/aromatic N) is 1. The first-order chi connectivity index (χ1) is 10.3. The van der Waals surface area contributed by atoms with Crippen molar-refractivity contribution < 1.29 is 9.21 Å². The Morgan fingerprint density at radius 3 is 3.00 bits per heavy atom. The van der Waals surface area contributed by atoms with E-state index in [2.05, 4.69) is 10.3 Å². The Morgan fingerprint density at radius 2 is 2.24 bits per heavy atom. The summed E-state index contributed by atoms with van der Waals surface area (Å²) in [7, 11) is 0. The number of aromatic nitrogens is 1. The molecule has 4 nitrogen and oxygen atoms in total. The molecule has 2 saturated carbocycles. The van der Waals surface area contributed by atoms with Gasteiger partial charge >= 0.3 is 0 Å². The van der Waals surface area contributed by atoms with Crippen molar-refractivity contribution in [2.24, 2.45) is 11.8 Å². The normalized spacial score (nSPS) is 27.3. The third-order valence-corrected chi connectivity index (χ3v) is 5.51. The van der Waals surface area contributed by atoms with E-state index in [1.807, 2.05) is 24.3 Å². The minimum absolute atomic E-state index is 0.0970. The first-order valence-corrected chi connectivity index (χ1v) is 8.54. The van der Waals surface area contributed by atoms with Gasteiger partial charge in [0.25, 0.3) is 5.22 Å². The summed E-state index contributed by atoms with van der Waals surface area (Å²) in [5, 5.41) is 3.75. The summed E-state index contributed by atoms with van der Waals surface area (Å²) >= 11 is 1.37. The van der Waals surface area contributed by atoms with Crippen LogP contribution in [-0.2, 0) is 4.79 Å². The van der Waals surface area contributed by atoms with Crippen LogP contribution < -0.4 is 5.32 Å². The molecular formula is C16H18N2O2S. The van der Waals surface area contributed by atoms with E-state index >= 15 is 0 Å². The molecule has 3 atom stereocenters. The number of thioether (sulfide) groups is 1. The monoisotopic (exact) mass is 302 g/mol. The lowest BCUT2D eigenvalue weighted by molar-refractivity contribution is -0.119. The third kappa shape index (κ3) is 2.67. The molecule has 0 radical (unpaired) electrons. The zero-order valence-corrected chi connectivity index (χ0v) is 12.6. The number of rotatable bonds is 4. The number of benzene rings is 1. The van der Waals surface area contributed by atoms with E-state index in [0.717, 1.165) is 17.0 Å². The van der Waals surface area contributed by atoms with Crippen LogP contribution in [0.15, 0.2) is 33.9 Å². The van der Waals surface area contributed by atoms with Crippen LogP contribution in [0.4, 0.5) is 0 Å². The average Bonchev–Trinajstić information content (AvgIpc) is 3.19. The molecule has 2 fully saturated rings. The maximum atomic E-state index is 12.1. The molecule has 1 aromatic heterocycles. The molecular weight excluding hydrogens is 284 g/mol. The summed E-state index contributed by atoms with van der Waals surface area (Å²) < 4.78 is 5.61. The zero-order chi connectivity index (χ0) is 14.2. The number of amides is 1. The van der Waals surface area contributed by atoms with Crippen LogP contribution in [0, 0.1) is 11.8 Å². The summed E-state index contributed by atoms with van der Waals surface area (Å²) in [5.74, 6) is 2.04. The van der Waals surface area contributed by atoms with Crippen LogP contribution in [0.3, 0.4) is 0 Å².